The second-order valence-corrected chi connectivity index (χ2v) is 5.50. The highest BCUT2D eigenvalue weighted by Gasteiger charge is 2.08. The van der Waals surface area contributed by atoms with Gasteiger partial charge in [0.25, 0.3) is 5.56 Å². The lowest BCUT2D eigenvalue weighted by Gasteiger charge is -2.08. The van der Waals surface area contributed by atoms with Gasteiger partial charge < -0.3 is 9.84 Å². The summed E-state index contributed by atoms with van der Waals surface area (Å²) in [6.07, 6.45) is 1.44. The number of nitrogens with one attached hydrogen (secondary N) is 1. The fourth-order valence-corrected chi connectivity index (χ4v) is 2.27. The van der Waals surface area contributed by atoms with Gasteiger partial charge in [0.05, 0.1) is 17.3 Å². The first-order valence-electron chi connectivity index (χ1n) is 6.32. The topological polar surface area (TPSA) is 92.5 Å². The van der Waals surface area contributed by atoms with Crippen LogP contribution in [0.15, 0.2) is 26.5 Å². The van der Waals surface area contributed by atoms with E-state index in [1.807, 2.05) is 6.92 Å². The molecule has 0 saturated carbocycles. The molecule has 2 N–H and O–H groups in total. The Balaban J connectivity index is 2.45. The van der Waals surface area contributed by atoms with Crippen LogP contribution in [-0.4, -0.2) is 32.8 Å². The Labute approximate surface area is 139 Å². The number of phenols is 1. The van der Waals surface area contributed by atoms with Crippen LogP contribution in [0.5, 0.6) is 11.5 Å². The van der Waals surface area contributed by atoms with Gasteiger partial charge >= 0.3 is 0 Å². The number of aromatic amines is 1. The molecule has 0 saturated heterocycles. The van der Waals surface area contributed by atoms with Crippen molar-refractivity contribution in [2.24, 2.45) is 5.10 Å². The fraction of sp³-hybridized carbons (Fsp3) is 0.231. The summed E-state index contributed by atoms with van der Waals surface area (Å²) in [6, 6.07) is 3.26. The van der Waals surface area contributed by atoms with Gasteiger partial charge in [-0.05, 0) is 59.7 Å². The van der Waals surface area contributed by atoms with E-state index in [9.17, 15) is 9.90 Å². The minimum absolute atomic E-state index is 0.00761. The van der Waals surface area contributed by atoms with Gasteiger partial charge in [-0.2, -0.15) is 14.9 Å². The molecule has 0 bridgehead atoms. The maximum atomic E-state index is 11.9. The lowest BCUT2D eigenvalue weighted by molar-refractivity contribution is 0.317. The van der Waals surface area contributed by atoms with E-state index >= 15 is 0 Å². The quantitative estimate of drug-likeness (QED) is 0.623. The molecule has 9 heteroatoms. The average Bonchev–Trinajstić information content (AvgIpc) is 2.48. The lowest BCUT2D eigenvalue weighted by Crippen LogP contribution is -2.22. The number of aromatic hydroxyl groups is 1. The normalized spacial score (nSPS) is 11.0. The van der Waals surface area contributed by atoms with E-state index in [1.54, 1.807) is 19.1 Å². The highest BCUT2D eigenvalue weighted by Crippen LogP contribution is 2.35. The summed E-state index contributed by atoms with van der Waals surface area (Å²) in [6.45, 7) is 3.78. The zero-order chi connectivity index (χ0) is 16.3. The summed E-state index contributed by atoms with van der Waals surface area (Å²) in [7, 11) is 0. The minimum atomic E-state index is -0.400. The van der Waals surface area contributed by atoms with Crippen LogP contribution in [0.25, 0.3) is 0 Å². The van der Waals surface area contributed by atoms with Crippen molar-refractivity contribution in [3.8, 4) is 11.5 Å². The van der Waals surface area contributed by atoms with Crippen LogP contribution in [-0.2, 0) is 0 Å². The molecule has 22 heavy (non-hydrogen) atoms. The first-order valence-corrected chi connectivity index (χ1v) is 7.52. The van der Waals surface area contributed by atoms with E-state index in [-0.39, 0.29) is 16.2 Å². The molecule has 116 valence electrons. The number of ether oxygens (including phenoxy) is 1. The Morgan fingerprint density at radius 2 is 2.32 bits per heavy atom. The first-order chi connectivity index (χ1) is 10.4. The molecule has 2 aromatic rings. The third-order valence-corrected chi connectivity index (χ3v) is 3.56. The maximum Gasteiger partial charge on any atom is 0.296 e. The summed E-state index contributed by atoms with van der Waals surface area (Å²) in [5, 5.41) is 20.2. The van der Waals surface area contributed by atoms with Crippen molar-refractivity contribution in [1.29, 1.82) is 0 Å². The smallest absolute Gasteiger partial charge is 0.296 e. The zero-order valence-electron chi connectivity index (χ0n) is 11.8. The second kappa shape index (κ2) is 6.84. The molecule has 0 unspecified atom stereocenters. The van der Waals surface area contributed by atoms with E-state index in [1.165, 1.54) is 6.21 Å². The fourth-order valence-electron chi connectivity index (χ4n) is 1.64. The molecule has 0 fully saturated rings. The SMILES string of the molecule is CCOc1cc(/C=N\n2c(=S)[nH]nc(C)c2=O)cc(Br)c1O. The molecule has 0 amide bonds. The summed E-state index contributed by atoms with van der Waals surface area (Å²) < 4.78 is 6.92. The van der Waals surface area contributed by atoms with Crippen molar-refractivity contribution >= 4 is 34.4 Å². The number of halogens is 1. The molecule has 0 spiro atoms. The third-order valence-electron chi connectivity index (χ3n) is 2.69. The van der Waals surface area contributed by atoms with Gasteiger partial charge in [-0.25, -0.2) is 0 Å². The van der Waals surface area contributed by atoms with Crippen LogP contribution in [0.2, 0.25) is 0 Å². The van der Waals surface area contributed by atoms with Crippen molar-refractivity contribution in [3.63, 3.8) is 0 Å². The number of hydrogen-bond donors (Lipinski definition) is 2. The maximum absolute atomic E-state index is 11.9. The molecule has 1 heterocycles. The number of H-pyrrole nitrogens is 1. The number of rotatable bonds is 4. The molecule has 0 aliphatic rings. The molecule has 1 aromatic carbocycles. The number of phenolic OH excluding ortho intramolecular Hbond substituents is 1. The molecule has 0 atom stereocenters. The van der Waals surface area contributed by atoms with Gasteiger partial charge in [-0.1, -0.05) is 0 Å². The van der Waals surface area contributed by atoms with E-state index in [0.717, 1.165) is 4.68 Å². The van der Waals surface area contributed by atoms with E-state index < -0.39 is 5.56 Å². The van der Waals surface area contributed by atoms with Gasteiger partial charge in [0.1, 0.15) is 5.69 Å². The number of benzene rings is 1. The Morgan fingerprint density at radius 3 is 3.00 bits per heavy atom. The summed E-state index contributed by atoms with van der Waals surface area (Å²) in [5.41, 5.74) is 0.486. The molecular weight excluding hydrogens is 372 g/mol. The minimum Gasteiger partial charge on any atom is -0.503 e. The Kier molecular flexibility index (Phi) is 5.09. The molecular formula is C13H13BrN4O3S. The molecule has 0 aliphatic heterocycles. The number of aryl methyl sites for hydroxylation is 1. The number of aromatic nitrogens is 3. The molecule has 1 aromatic heterocycles. The highest BCUT2D eigenvalue weighted by molar-refractivity contribution is 9.10. The van der Waals surface area contributed by atoms with E-state index in [4.69, 9.17) is 17.0 Å². The average molecular weight is 385 g/mol. The van der Waals surface area contributed by atoms with Crippen molar-refractivity contribution in [3.05, 3.63) is 43.0 Å². The van der Waals surface area contributed by atoms with Crippen molar-refractivity contribution in [2.45, 2.75) is 13.8 Å². The lowest BCUT2D eigenvalue weighted by atomic mass is 10.2. The molecule has 0 aliphatic carbocycles. The predicted octanol–water partition coefficient (Wildman–Crippen LogP) is 2.36. The van der Waals surface area contributed by atoms with E-state index in [0.29, 0.717) is 22.4 Å². The zero-order valence-corrected chi connectivity index (χ0v) is 14.2. The van der Waals surface area contributed by atoms with Gasteiger partial charge in [-0.15, -0.1) is 0 Å². The molecule has 0 radical (unpaired) electrons. The van der Waals surface area contributed by atoms with Gasteiger partial charge in [-0.3, -0.25) is 9.89 Å². The summed E-state index contributed by atoms with van der Waals surface area (Å²) in [5.74, 6) is 0.329. The second-order valence-electron chi connectivity index (χ2n) is 4.26. The Morgan fingerprint density at radius 1 is 1.59 bits per heavy atom. The van der Waals surface area contributed by atoms with Crippen LogP contribution < -0.4 is 10.3 Å². The first kappa shape index (κ1) is 16.4. The highest BCUT2D eigenvalue weighted by atomic mass is 79.9. The Hall–Kier alpha value is -2.00. The number of hydrogen-bond acceptors (Lipinski definition) is 6. The van der Waals surface area contributed by atoms with Crippen molar-refractivity contribution in [1.82, 2.24) is 14.9 Å². The van der Waals surface area contributed by atoms with Crippen LogP contribution in [0, 0.1) is 11.7 Å². The standard InChI is InChI=1S/C13H13BrN4O3S/c1-3-21-10-5-8(4-9(14)11(10)19)6-15-18-12(20)7(2)16-17-13(18)22/h4-6,19H,3H2,1-2H3,(H,17,22)/b15-6-. The van der Waals surface area contributed by atoms with Gasteiger partial charge in [0, 0.05) is 0 Å². The van der Waals surface area contributed by atoms with Crippen LogP contribution >= 0.6 is 28.1 Å². The third kappa shape index (κ3) is 3.42. The van der Waals surface area contributed by atoms with Gasteiger partial charge in [0.2, 0.25) is 4.77 Å². The van der Waals surface area contributed by atoms with Crippen LogP contribution in [0.4, 0.5) is 0 Å². The largest absolute Gasteiger partial charge is 0.503 e. The van der Waals surface area contributed by atoms with Crippen molar-refractivity contribution in [2.75, 3.05) is 6.61 Å². The number of nitrogens with zero attached hydrogens (tertiary/aromatic N) is 3. The van der Waals surface area contributed by atoms with E-state index in [2.05, 4.69) is 31.2 Å². The molecule has 2 rings (SSSR count). The van der Waals surface area contributed by atoms with Gasteiger partial charge in [0.15, 0.2) is 11.5 Å². The summed E-state index contributed by atoms with van der Waals surface area (Å²) in [4.78, 5) is 11.9. The van der Waals surface area contributed by atoms with Crippen molar-refractivity contribution < 1.29 is 9.84 Å². The summed E-state index contributed by atoms with van der Waals surface area (Å²) >= 11 is 8.22. The van der Waals surface area contributed by atoms with Crippen LogP contribution in [0.3, 0.4) is 0 Å². The molecule has 7 nitrogen and oxygen atoms in total. The monoisotopic (exact) mass is 384 g/mol. The van der Waals surface area contributed by atoms with Crippen LogP contribution in [0.1, 0.15) is 18.2 Å². The Bertz CT molecular complexity index is 844. The predicted molar refractivity (Wildman–Crippen MR) is 88.4 cm³/mol.